The highest BCUT2D eigenvalue weighted by atomic mass is 35.5. The van der Waals surface area contributed by atoms with Gasteiger partial charge in [-0.25, -0.2) is 8.78 Å². The maximum absolute atomic E-state index is 14.6. The number of anilines is 1. The monoisotopic (exact) mass is 466 g/mol. The fourth-order valence-electron chi connectivity index (χ4n) is 5.08. The van der Waals surface area contributed by atoms with Crippen molar-refractivity contribution in [2.24, 2.45) is 5.41 Å². The molecule has 0 bridgehead atoms. The molecule has 0 saturated carbocycles. The second-order valence-electron chi connectivity index (χ2n) is 9.43. The zero-order valence-electron chi connectivity index (χ0n) is 17.2. The standard InChI is InChI=1S/C23H22Cl2F2N2O2/c1-22(2,3)9-19-23(12-7-16(27)14(25)8-17(12)29-21(23)31)20(18(10-30)28-19)11-4-5-15(26)13(24)6-11/h4-8,10,18-20,28H,9H2,1-3H3,(H,29,31)/t18-,19+,20-,23-/m0/s1. The molecule has 4 nitrogen and oxygen atoms in total. The van der Waals surface area contributed by atoms with Gasteiger partial charge >= 0.3 is 0 Å². The van der Waals surface area contributed by atoms with Gasteiger partial charge in [-0.05, 0) is 47.2 Å². The van der Waals surface area contributed by atoms with Crippen LogP contribution in [0.3, 0.4) is 0 Å². The highest BCUT2D eigenvalue weighted by Crippen LogP contribution is 2.56. The zero-order chi connectivity index (χ0) is 22.7. The lowest BCUT2D eigenvalue weighted by Gasteiger charge is -2.37. The Balaban J connectivity index is 2.01. The normalized spacial score (nSPS) is 27.5. The number of aldehydes is 1. The van der Waals surface area contributed by atoms with Gasteiger partial charge in [0, 0.05) is 17.6 Å². The third-order valence-electron chi connectivity index (χ3n) is 6.19. The van der Waals surface area contributed by atoms with Crippen LogP contribution in [0.1, 0.15) is 44.2 Å². The molecule has 0 aliphatic carbocycles. The van der Waals surface area contributed by atoms with Crippen LogP contribution in [-0.4, -0.2) is 24.3 Å². The lowest BCUT2D eigenvalue weighted by atomic mass is 9.62. The van der Waals surface area contributed by atoms with Crippen LogP contribution in [0.5, 0.6) is 0 Å². The molecule has 0 unspecified atom stereocenters. The Morgan fingerprint density at radius 1 is 1.10 bits per heavy atom. The molecule has 2 aromatic carbocycles. The summed E-state index contributed by atoms with van der Waals surface area (Å²) < 4.78 is 28.5. The number of rotatable bonds is 3. The van der Waals surface area contributed by atoms with E-state index in [9.17, 15) is 18.4 Å². The molecule has 4 rings (SSSR count). The van der Waals surface area contributed by atoms with Gasteiger partial charge in [-0.15, -0.1) is 0 Å². The van der Waals surface area contributed by atoms with Gasteiger partial charge in [-0.3, -0.25) is 4.79 Å². The van der Waals surface area contributed by atoms with Gasteiger partial charge in [0.25, 0.3) is 0 Å². The predicted octanol–water partition coefficient (Wildman–Crippen LogP) is 5.22. The van der Waals surface area contributed by atoms with Crippen molar-refractivity contribution < 1.29 is 18.4 Å². The second kappa shape index (κ2) is 7.54. The van der Waals surface area contributed by atoms with E-state index >= 15 is 0 Å². The van der Waals surface area contributed by atoms with E-state index in [0.29, 0.717) is 23.2 Å². The SMILES string of the molecule is CC(C)(C)C[C@H]1N[C@@H](C=O)[C@H](c2ccc(F)c(Cl)c2)[C@@]12C(=O)Nc1cc(Cl)c(F)cc12. The number of carbonyl (C=O) groups is 2. The molecule has 2 aliphatic heterocycles. The number of fused-ring (bicyclic) bond motifs is 2. The average molecular weight is 467 g/mol. The summed E-state index contributed by atoms with van der Waals surface area (Å²) in [6.45, 7) is 6.07. The van der Waals surface area contributed by atoms with Crippen molar-refractivity contribution in [3.63, 3.8) is 0 Å². The highest BCUT2D eigenvalue weighted by molar-refractivity contribution is 6.31. The molecule has 2 aliphatic rings. The average Bonchev–Trinajstić information content (AvgIpc) is 3.13. The Labute approximate surface area is 189 Å². The fourth-order valence-corrected chi connectivity index (χ4v) is 5.43. The molecule has 2 N–H and O–H groups in total. The zero-order valence-corrected chi connectivity index (χ0v) is 18.7. The van der Waals surface area contributed by atoms with Gasteiger partial charge in [-0.2, -0.15) is 0 Å². The molecule has 4 atom stereocenters. The van der Waals surface area contributed by atoms with E-state index in [0.717, 1.165) is 6.29 Å². The summed E-state index contributed by atoms with van der Waals surface area (Å²) in [5.41, 5.74) is -0.161. The van der Waals surface area contributed by atoms with E-state index in [1.54, 1.807) is 0 Å². The Morgan fingerprint density at radius 2 is 1.77 bits per heavy atom. The van der Waals surface area contributed by atoms with Crippen LogP contribution < -0.4 is 10.6 Å². The van der Waals surface area contributed by atoms with Crippen LogP contribution in [0.25, 0.3) is 0 Å². The van der Waals surface area contributed by atoms with Crippen LogP contribution in [0.2, 0.25) is 10.0 Å². The van der Waals surface area contributed by atoms with Gasteiger partial charge in [-0.1, -0.05) is 50.0 Å². The minimum atomic E-state index is -1.30. The van der Waals surface area contributed by atoms with Gasteiger partial charge < -0.3 is 15.4 Å². The minimum Gasteiger partial charge on any atom is -0.325 e. The van der Waals surface area contributed by atoms with Gasteiger partial charge in [0.15, 0.2) is 0 Å². The number of carbonyl (C=O) groups excluding carboxylic acids is 2. The first-order valence-electron chi connectivity index (χ1n) is 9.96. The number of halogens is 4. The Morgan fingerprint density at radius 3 is 2.39 bits per heavy atom. The van der Waals surface area contributed by atoms with Crippen molar-refractivity contribution in [1.29, 1.82) is 0 Å². The maximum atomic E-state index is 14.6. The van der Waals surface area contributed by atoms with Gasteiger partial charge in [0.1, 0.15) is 23.3 Å². The summed E-state index contributed by atoms with van der Waals surface area (Å²) in [5.74, 6) is -2.34. The smallest absolute Gasteiger partial charge is 0.237 e. The largest absolute Gasteiger partial charge is 0.325 e. The molecule has 1 spiro atoms. The summed E-state index contributed by atoms with van der Waals surface area (Å²) >= 11 is 12.0. The van der Waals surface area contributed by atoms with Crippen LogP contribution in [0.15, 0.2) is 30.3 Å². The summed E-state index contributed by atoms with van der Waals surface area (Å²) in [5, 5.41) is 5.91. The van der Waals surface area contributed by atoms with Crippen LogP contribution in [0.4, 0.5) is 14.5 Å². The summed E-state index contributed by atoms with van der Waals surface area (Å²) in [4.78, 5) is 25.8. The lowest BCUT2D eigenvalue weighted by Crippen LogP contribution is -2.49. The third-order valence-corrected chi connectivity index (χ3v) is 6.77. The second-order valence-corrected chi connectivity index (χ2v) is 10.2. The maximum Gasteiger partial charge on any atom is 0.237 e. The molecule has 1 amide bonds. The van der Waals surface area contributed by atoms with E-state index in [-0.39, 0.29) is 21.4 Å². The summed E-state index contributed by atoms with van der Waals surface area (Å²) in [6, 6.07) is 5.55. The van der Waals surface area contributed by atoms with E-state index in [1.807, 2.05) is 20.8 Å². The number of nitrogens with one attached hydrogen (secondary N) is 2. The predicted molar refractivity (Wildman–Crippen MR) is 117 cm³/mol. The Hall–Kier alpha value is -2.02. The number of benzene rings is 2. The molecule has 164 valence electrons. The first kappa shape index (κ1) is 22.2. The molecule has 31 heavy (non-hydrogen) atoms. The van der Waals surface area contributed by atoms with E-state index in [4.69, 9.17) is 23.2 Å². The first-order valence-corrected chi connectivity index (χ1v) is 10.7. The lowest BCUT2D eigenvalue weighted by molar-refractivity contribution is -0.122. The van der Waals surface area contributed by atoms with Crippen LogP contribution >= 0.6 is 23.2 Å². The van der Waals surface area contributed by atoms with Crippen LogP contribution in [-0.2, 0) is 15.0 Å². The van der Waals surface area contributed by atoms with Crippen molar-refractivity contribution in [2.75, 3.05) is 5.32 Å². The van der Waals surface area contributed by atoms with Crippen molar-refractivity contribution in [1.82, 2.24) is 5.32 Å². The Kier molecular flexibility index (Phi) is 5.39. The molecule has 2 heterocycles. The molecule has 1 fully saturated rings. The molecule has 0 radical (unpaired) electrons. The molecule has 1 saturated heterocycles. The van der Waals surface area contributed by atoms with Gasteiger partial charge in [0.05, 0.1) is 16.1 Å². The molecule has 8 heteroatoms. The minimum absolute atomic E-state index is 0.109. The summed E-state index contributed by atoms with van der Waals surface area (Å²) in [7, 11) is 0. The van der Waals surface area contributed by atoms with Crippen molar-refractivity contribution in [2.45, 2.75) is 50.6 Å². The molecular weight excluding hydrogens is 445 g/mol. The molecular formula is C23H22Cl2F2N2O2. The van der Waals surface area contributed by atoms with Gasteiger partial charge in [0.2, 0.25) is 5.91 Å². The van der Waals surface area contributed by atoms with Crippen molar-refractivity contribution in [3.8, 4) is 0 Å². The third kappa shape index (κ3) is 3.45. The van der Waals surface area contributed by atoms with E-state index in [1.165, 1.54) is 30.3 Å². The van der Waals surface area contributed by atoms with E-state index < -0.39 is 35.1 Å². The van der Waals surface area contributed by atoms with Crippen molar-refractivity contribution in [3.05, 3.63) is 63.1 Å². The number of amides is 1. The Bertz CT molecular complexity index is 1090. The molecule has 2 aromatic rings. The molecule has 0 aromatic heterocycles. The number of hydrogen-bond donors (Lipinski definition) is 2. The van der Waals surface area contributed by atoms with Crippen molar-refractivity contribution >= 4 is 41.1 Å². The topological polar surface area (TPSA) is 58.2 Å². The quantitative estimate of drug-likeness (QED) is 0.609. The fraction of sp³-hybridized carbons (Fsp3) is 0.391. The number of hydrogen-bond acceptors (Lipinski definition) is 3. The highest BCUT2D eigenvalue weighted by Gasteiger charge is 2.64. The summed E-state index contributed by atoms with van der Waals surface area (Å²) in [6.07, 6.45) is 1.27. The first-order chi connectivity index (χ1) is 14.5. The van der Waals surface area contributed by atoms with E-state index in [2.05, 4.69) is 10.6 Å². The van der Waals surface area contributed by atoms with Crippen LogP contribution in [0, 0.1) is 17.0 Å².